The van der Waals surface area contributed by atoms with E-state index in [4.69, 9.17) is 0 Å². The quantitative estimate of drug-likeness (QED) is 0.721. The maximum atomic E-state index is 2.55. The number of rotatable bonds is 3. The highest BCUT2D eigenvalue weighted by Gasteiger charge is 2.17. The zero-order chi connectivity index (χ0) is 15.7. The first-order chi connectivity index (χ1) is 10.3. The lowest BCUT2D eigenvalue weighted by atomic mass is 9.97. The number of likely N-dealkylation sites (tertiary alicyclic amines) is 1. The fraction of sp³-hybridized carbons (Fsp3) is 0.500. The number of hydrogen-bond acceptors (Lipinski definition) is 1. The minimum absolute atomic E-state index is 1.07. The molecule has 1 aromatic rings. The molecule has 0 unspecified atom stereocenters. The summed E-state index contributed by atoms with van der Waals surface area (Å²) in [6, 6.07) is 9.00. The van der Waals surface area contributed by atoms with Crippen molar-refractivity contribution in [2.45, 2.75) is 54.0 Å². The molecule has 1 aromatic carbocycles. The average molecular weight is 285 g/mol. The molecule has 0 saturated carbocycles. The number of hydrogen-bond donors (Lipinski definition) is 0. The first-order valence-electron chi connectivity index (χ1n) is 8.37. The summed E-state index contributed by atoms with van der Waals surface area (Å²) in [6.07, 6.45) is 6.84. The van der Waals surface area contributed by atoms with E-state index in [1.165, 1.54) is 35.2 Å². The van der Waals surface area contributed by atoms with Crippen LogP contribution in [0.25, 0.3) is 0 Å². The normalized spacial score (nSPS) is 19.5. The summed E-state index contributed by atoms with van der Waals surface area (Å²) in [4.78, 5) is 2.55. The van der Waals surface area contributed by atoms with E-state index >= 15 is 0 Å². The fourth-order valence-electron chi connectivity index (χ4n) is 2.81. The molecule has 21 heavy (non-hydrogen) atoms. The first kappa shape index (κ1) is 17.7. The van der Waals surface area contributed by atoms with E-state index in [2.05, 4.69) is 62.1 Å². The van der Waals surface area contributed by atoms with Crippen molar-refractivity contribution in [1.82, 2.24) is 4.90 Å². The van der Waals surface area contributed by atoms with E-state index in [0.29, 0.717) is 0 Å². The summed E-state index contributed by atoms with van der Waals surface area (Å²) in [5, 5.41) is 0. The molecule has 1 saturated heterocycles. The molecule has 0 spiro atoms. The van der Waals surface area contributed by atoms with Crippen molar-refractivity contribution in [1.29, 1.82) is 0 Å². The largest absolute Gasteiger partial charge is 0.295 e. The van der Waals surface area contributed by atoms with Crippen LogP contribution in [0.4, 0.5) is 0 Å². The van der Waals surface area contributed by atoms with Crippen molar-refractivity contribution in [2.75, 3.05) is 13.1 Å². The Morgan fingerprint density at radius 3 is 2.33 bits per heavy atom. The van der Waals surface area contributed by atoms with Gasteiger partial charge in [0.25, 0.3) is 0 Å². The third-order valence-electron chi connectivity index (χ3n) is 4.01. The molecular formula is C20H31N. The molecule has 0 aliphatic carbocycles. The molecule has 0 atom stereocenters. The third kappa shape index (κ3) is 5.17. The maximum Gasteiger partial charge on any atom is 0.0237 e. The minimum atomic E-state index is 1.07. The van der Waals surface area contributed by atoms with Crippen LogP contribution in [0.5, 0.6) is 0 Å². The van der Waals surface area contributed by atoms with Crippen LogP contribution in [0.3, 0.4) is 0 Å². The Balaban J connectivity index is 0.00000106. The first-order valence-corrected chi connectivity index (χ1v) is 8.37. The topological polar surface area (TPSA) is 3.24 Å². The van der Waals surface area contributed by atoms with Crippen molar-refractivity contribution in [3.05, 3.63) is 58.7 Å². The predicted octanol–water partition coefficient (Wildman–Crippen LogP) is 5.37. The van der Waals surface area contributed by atoms with Crippen LogP contribution >= 0.6 is 0 Å². The number of nitrogens with zero attached hydrogens (tertiary/aromatic N) is 1. The van der Waals surface area contributed by atoms with Gasteiger partial charge in [0.1, 0.15) is 0 Å². The molecule has 0 radical (unpaired) electrons. The molecule has 1 nitrogen and oxygen atoms in total. The lowest BCUT2D eigenvalue weighted by Gasteiger charge is -2.30. The maximum absolute atomic E-state index is 2.55. The van der Waals surface area contributed by atoms with Crippen molar-refractivity contribution >= 4 is 0 Å². The van der Waals surface area contributed by atoms with Gasteiger partial charge in [0.2, 0.25) is 0 Å². The lowest BCUT2D eigenvalue weighted by Crippen LogP contribution is -2.31. The Hall–Kier alpha value is -1.34. The van der Waals surface area contributed by atoms with E-state index < -0.39 is 0 Å². The van der Waals surface area contributed by atoms with Crippen LogP contribution in [0.2, 0.25) is 0 Å². The van der Waals surface area contributed by atoms with Gasteiger partial charge in [-0.2, -0.15) is 0 Å². The van der Waals surface area contributed by atoms with Gasteiger partial charge in [0.05, 0.1) is 0 Å². The summed E-state index contributed by atoms with van der Waals surface area (Å²) in [7, 11) is 0. The standard InChI is InChI=1S/C18H25N.C2H6/c1-4-15-8-7-9-16(12-15)13-19-11-10-17(5-2)18(6-3)14-19;1-2/h5-9,12H,4,10-11,13-14H2,1-3H3;1-2H3/b17-5-,18-6-;. The van der Waals surface area contributed by atoms with Crippen molar-refractivity contribution in [3.63, 3.8) is 0 Å². The highest BCUT2D eigenvalue weighted by atomic mass is 15.1. The van der Waals surface area contributed by atoms with E-state index in [9.17, 15) is 0 Å². The van der Waals surface area contributed by atoms with Gasteiger partial charge in [-0.1, -0.05) is 57.2 Å². The van der Waals surface area contributed by atoms with E-state index in [1.807, 2.05) is 13.8 Å². The van der Waals surface area contributed by atoms with Crippen LogP contribution < -0.4 is 0 Å². The summed E-state index contributed by atoms with van der Waals surface area (Å²) < 4.78 is 0. The molecule has 0 N–H and O–H groups in total. The Labute approximate surface area is 131 Å². The highest BCUT2D eigenvalue weighted by molar-refractivity contribution is 5.34. The molecule has 1 aliphatic heterocycles. The van der Waals surface area contributed by atoms with Crippen LogP contribution in [0.1, 0.15) is 52.2 Å². The van der Waals surface area contributed by atoms with Gasteiger partial charge >= 0.3 is 0 Å². The summed E-state index contributed by atoms with van der Waals surface area (Å²) >= 11 is 0. The molecule has 2 rings (SSSR count). The second-order valence-electron chi connectivity index (χ2n) is 5.26. The summed E-state index contributed by atoms with van der Waals surface area (Å²) in [5.74, 6) is 0. The second kappa shape index (κ2) is 9.57. The monoisotopic (exact) mass is 285 g/mol. The number of piperidine rings is 1. The number of benzene rings is 1. The highest BCUT2D eigenvalue weighted by Crippen LogP contribution is 2.23. The lowest BCUT2D eigenvalue weighted by molar-refractivity contribution is 0.276. The predicted molar refractivity (Wildman–Crippen MR) is 94.6 cm³/mol. The Morgan fingerprint density at radius 1 is 1.05 bits per heavy atom. The van der Waals surface area contributed by atoms with Gasteiger partial charge in [-0.05, 0) is 49.0 Å². The molecule has 0 bridgehead atoms. The van der Waals surface area contributed by atoms with Crippen molar-refractivity contribution in [2.24, 2.45) is 0 Å². The van der Waals surface area contributed by atoms with Gasteiger partial charge in [-0.15, -0.1) is 0 Å². The van der Waals surface area contributed by atoms with E-state index in [0.717, 1.165) is 19.5 Å². The van der Waals surface area contributed by atoms with Crippen molar-refractivity contribution < 1.29 is 0 Å². The van der Waals surface area contributed by atoms with Crippen LogP contribution in [-0.2, 0) is 13.0 Å². The van der Waals surface area contributed by atoms with E-state index in [-0.39, 0.29) is 0 Å². The molecule has 0 aromatic heterocycles. The van der Waals surface area contributed by atoms with Crippen LogP contribution in [0, 0.1) is 0 Å². The van der Waals surface area contributed by atoms with Crippen molar-refractivity contribution in [3.8, 4) is 0 Å². The number of aryl methyl sites for hydroxylation is 1. The Kier molecular flexibility index (Phi) is 8.07. The summed E-state index contributed by atoms with van der Waals surface area (Å²) in [5.41, 5.74) is 5.91. The second-order valence-corrected chi connectivity index (χ2v) is 5.26. The Morgan fingerprint density at radius 2 is 1.71 bits per heavy atom. The van der Waals surface area contributed by atoms with Gasteiger partial charge in [0, 0.05) is 19.6 Å². The van der Waals surface area contributed by atoms with E-state index in [1.54, 1.807) is 0 Å². The molecular weight excluding hydrogens is 254 g/mol. The minimum Gasteiger partial charge on any atom is -0.295 e. The summed E-state index contributed by atoms with van der Waals surface area (Å²) in [6.45, 7) is 13.9. The zero-order valence-corrected chi connectivity index (χ0v) is 14.4. The fourth-order valence-corrected chi connectivity index (χ4v) is 2.81. The third-order valence-corrected chi connectivity index (χ3v) is 4.01. The van der Waals surface area contributed by atoms with Gasteiger partial charge in [-0.3, -0.25) is 4.90 Å². The average Bonchev–Trinajstić information content (AvgIpc) is 2.56. The molecule has 1 heterocycles. The molecule has 1 heteroatoms. The van der Waals surface area contributed by atoms with Gasteiger partial charge < -0.3 is 0 Å². The SMILES string of the molecule is C/C=C1/CCN(Cc2cccc(CC)c2)C/C1=C/C.CC. The zero-order valence-electron chi connectivity index (χ0n) is 14.4. The smallest absolute Gasteiger partial charge is 0.0237 e. The van der Waals surface area contributed by atoms with Crippen LogP contribution in [0.15, 0.2) is 47.6 Å². The molecule has 116 valence electrons. The molecule has 0 amide bonds. The van der Waals surface area contributed by atoms with Gasteiger partial charge in [0.15, 0.2) is 0 Å². The molecule has 1 fully saturated rings. The Bertz CT molecular complexity index is 482. The van der Waals surface area contributed by atoms with Gasteiger partial charge in [-0.25, -0.2) is 0 Å². The number of allylic oxidation sites excluding steroid dienone is 2. The molecule has 1 aliphatic rings. The van der Waals surface area contributed by atoms with Crippen LogP contribution in [-0.4, -0.2) is 18.0 Å².